The molecule has 0 aliphatic rings. The van der Waals surface area contributed by atoms with E-state index in [4.69, 9.17) is 0 Å². The summed E-state index contributed by atoms with van der Waals surface area (Å²) in [5, 5.41) is 6.08. The highest BCUT2D eigenvalue weighted by Gasteiger charge is 1.97. The number of thioether (sulfide) groups is 1. The summed E-state index contributed by atoms with van der Waals surface area (Å²) >= 11 is 1.75. The summed E-state index contributed by atoms with van der Waals surface area (Å²) < 4.78 is 0. The highest BCUT2D eigenvalue weighted by molar-refractivity contribution is 7.99. The molecule has 16 heavy (non-hydrogen) atoms. The number of carbonyl (C=O) groups excluding carboxylic acids is 1. The van der Waals surface area contributed by atoms with E-state index in [1.807, 2.05) is 24.3 Å². The van der Waals surface area contributed by atoms with Crippen LogP contribution in [0, 0.1) is 0 Å². The van der Waals surface area contributed by atoms with Crippen LogP contribution in [-0.4, -0.2) is 17.8 Å². The fourth-order valence-electron chi connectivity index (χ4n) is 1.13. The average Bonchev–Trinajstić information content (AvgIpc) is 2.19. The molecule has 1 amide bonds. The third-order valence-electron chi connectivity index (χ3n) is 1.91. The van der Waals surface area contributed by atoms with Crippen LogP contribution in [-0.2, 0) is 4.79 Å². The topological polar surface area (TPSA) is 41.1 Å². The maximum Gasteiger partial charge on any atom is 0.221 e. The molecule has 0 aliphatic carbocycles. The van der Waals surface area contributed by atoms with Gasteiger partial charge in [-0.1, -0.05) is 13.8 Å². The van der Waals surface area contributed by atoms with Gasteiger partial charge in [0.1, 0.15) is 0 Å². The number of hydrogen-bond donors (Lipinski definition) is 2. The maximum absolute atomic E-state index is 10.8. The monoisotopic (exact) mass is 238 g/mol. The lowest BCUT2D eigenvalue weighted by atomic mass is 10.3. The molecular weight excluding hydrogens is 220 g/mol. The first-order valence-corrected chi connectivity index (χ1v) is 6.30. The summed E-state index contributed by atoms with van der Waals surface area (Å²) in [5.41, 5.74) is 0.841. The van der Waals surface area contributed by atoms with Crippen LogP contribution in [0.2, 0.25) is 0 Å². The Balaban J connectivity index is 2.42. The largest absolute Gasteiger partial charge is 0.326 e. The number of rotatable bonds is 5. The molecule has 3 nitrogen and oxygen atoms in total. The van der Waals surface area contributed by atoms with Crippen molar-refractivity contribution < 1.29 is 4.79 Å². The second-order valence-corrected chi connectivity index (χ2v) is 4.90. The van der Waals surface area contributed by atoms with Crippen molar-refractivity contribution in [2.24, 2.45) is 0 Å². The van der Waals surface area contributed by atoms with Gasteiger partial charge < -0.3 is 10.6 Å². The van der Waals surface area contributed by atoms with Gasteiger partial charge in [-0.2, -0.15) is 0 Å². The third kappa shape index (κ3) is 5.19. The van der Waals surface area contributed by atoms with E-state index in [1.54, 1.807) is 11.8 Å². The highest BCUT2D eigenvalue weighted by atomic mass is 32.2. The summed E-state index contributed by atoms with van der Waals surface area (Å²) in [4.78, 5) is 12.0. The van der Waals surface area contributed by atoms with Crippen molar-refractivity contribution in [1.82, 2.24) is 5.32 Å². The Kier molecular flexibility index (Phi) is 5.35. The minimum absolute atomic E-state index is 0.0399. The normalized spacial score (nSPS) is 10.5. The van der Waals surface area contributed by atoms with Gasteiger partial charge >= 0.3 is 0 Å². The predicted molar refractivity (Wildman–Crippen MR) is 69.7 cm³/mol. The molecule has 1 aromatic carbocycles. The summed E-state index contributed by atoms with van der Waals surface area (Å²) in [7, 11) is 0. The molecule has 2 N–H and O–H groups in total. The van der Waals surface area contributed by atoms with Crippen LogP contribution in [0.25, 0.3) is 0 Å². The zero-order valence-electron chi connectivity index (χ0n) is 9.91. The Labute approximate surface area is 101 Å². The molecule has 0 saturated heterocycles. The smallest absolute Gasteiger partial charge is 0.221 e. The van der Waals surface area contributed by atoms with Crippen LogP contribution in [0.15, 0.2) is 29.2 Å². The Morgan fingerprint density at radius 2 is 1.94 bits per heavy atom. The van der Waals surface area contributed by atoms with E-state index in [-0.39, 0.29) is 5.91 Å². The first kappa shape index (κ1) is 13.1. The van der Waals surface area contributed by atoms with E-state index >= 15 is 0 Å². The van der Waals surface area contributed by atoms with Crippen LogP contribution in [0.4, 0.5) is 5.69 Å². The van der Waals surface area contributed by atoms with E-state index in [2.05, 4.69) is 24.5 Å². The molecule has 88 valence electrons. The zero-order valence-corrected chi connectivity index (χ0v) is 10.7. The van der Waals surface area contributed by atoms with Crippen LogP contribution in [0.5, 0.6) is 0 Å². The Morgan fingerprint density at radius 3 is 2.44 bits per heavy atom. The van der Waals surface area contributed by atoms with Gasteiger partial charge in [0.25, 0.3) is 0 Å². The SMILES string of the molecule is CC(=O)Nc1ccc(SCNC(C)C)cc1. The second kappa shape index (κ2) is 6.55. The van der Waals surface area contributed by atoms with Gasteiger partial charge in [-0.3, -0.25) is 4.79 Å². The Bertz CT molecular complexity index is 335. The molecule has 1 rings (SSSR count). The lowest BCUT2D eigenvalue weighted by molar-refractivity contribution is -0.114. The average molecular weight is 238 g/mol. The minimum atomic E-state index is -0.0399. The number of amides is 1. The standard InChI is InChI=1S/C12H18N2OS/c1-9(2)13-8-16-12-6-4-11(5-7-12)14-10(3)15/h4-7,9,13H,8H2,1-3H3,(H,14,15). The fourth-order valence-corrected chi connectivity index (χ4v) is 2.04. The van der Waals surface area contributed by atoms with Gasteiger partial charge in [-0.15, -0.1) is 11.8 Å². The number of anilines is 1. The summed E-state index contributed by atoms with van der Waals surface area (Å²) in [6.07, 6.45) is 0. The fraction of sp³-hybridized carbons (Fsp3) is 0.417. The van der Waals surface area contributed by atoms with E-state index in [0.29, 0.717) is 6.04 Å². The van der Waals surface area contributed by atoms with Gasteiger partial charge in [0, 0.05) is 29.4 Å². The molecule has 0 fully saturated rings. The van der Waals surface area contributed by atoms with Crippen LogP contribution in [0.3, 0.4) is 0 Å². The lowest BCUT2D eigenvalue weighted by Gasteiger charge is -2.08. The van der Waals surface area contributed by atoms with Gasteiger partial charge in [-0.05, 0) is 24.3 Å². The minimum Gasteiger partial charge on any atom is -0.326 e. The van der Waals surface area contributed by atoms with Gasteiger partial charge in [0.05, 0.1) is 0 Å². The molecule has 0 saturated carbocycles. The van der Waals surface area contributed by atoms with Crippen molar-refractivity contribution in [3.05, 3.63) is 24.3 Å². The van der Waals surface area contributed by atoms with Crippen molar-refractivity contribution in [2.45, 2.75) is 31.7 Å². The van der Waals surface area contributed by atoms with Crippen molar-refractivity contribution in [2.75, 3.05) is 11.2 Å². The van der Waals surface area contributed by atoms with Gasteiger partial charge in [0.2, 0.25) is 5.91 Å². The van der Waals surface area contributed by atoms with Crippen LogP contribution < -0.4 is 10.6 Å². The highest BCUT2D eigenvalue weighted by Crippen LogP contribution is 2.19. The van der Waals surface area contributed by atoms with E-state index in [9.17, 15) is 4.79 Å². The van der Waals surface area contributed by atoms with E-state index < -0.39 is 0 Å². The van der Waals surface area contributed by atoms with Gasteiger partial charge in [-0.25, -0.2) is 0 Å². The molecular formula is C12H18N2OS. The molecule has 4 heteroatoms. The summed E-state index contributed by atoms with van der Waals surface area (Å²) in [6.45, 7) is 5.76. The van der Waals surface area contributed by atoms with E-state index in [1.165, 1.54) is 11.8 Å². The predicted octanol–water partition coefficient (Wildman–Crippen LogP) is 2.69. The maximum atomic E-state index is 10.8. The molecule has 0 radical (unpaired) electrons. The molecule has 0 heterocycles. The Morgan fingerprint density at radius 1 is 1.31 bits per heavy atom. The van der Waals surface area contributed by atoms with Crippen molar-refractivity contribution in [3.63, 3.8) is 0 Å². The number of carbonyl (C=O) groups is 1. The van der Waals surface area contributed by atoms with Crippen LogP contribution >= 0.6 is 11.8 Å². The van der Waals surface area contributed by atoms with Crippen molar-refractivity contribution in [3.8, 4) is 0 Å². The quantitative estimate of drug-likeness (QED) is 0.612. The summed E-state index contributed by atoms with van der Waals surface area (Å²) in [6, 6.07) is 8.36. The second-order valence-electron chi connectivity index (χ2n) is 3.85. The van der Waals surface area contributed by atoms with Crippen molar-refractivity contribution >= 4 is 23.4 Å². The molecule has 0 bridgehead atoms. The number of hydrogen-bond acceptors (Lipinski definition) is 3. The molecule has 0 aromatic heterocycles. The molecule has 0 spiro atoms. The lowest BCUT2D eigenvalue weighted by Crippen LogP contribution is -2.21. The van der Waals surface area contributed by atoms with Crippen molar-refractivity contribution in [1.29, 1.82) is 0 Å². The first-order valence-electron chi connectivity index (χ1n) is 5.32. The van der Waals surface area contributed by atoms with E-state index in [0.717, 1.165) is 11.6 Å². The molecule has 0 aliphatic heterocycles. The first-order chi connectivity index (χ1) is 7.58. The third-order valence-corrected chi connectivity index (χ3v) is 2.82. The molecule has 1 aromatic rings. The molecule has 0 atom stereocenters. The Hall–Kier alpha value is -1.00. The molecule has 0 unspecified atom stereocenters. The number of benzene rings is 1. The van der Waals surface area contributed by atoms with Crippen LogP contribution in [0.1, 0.15) is 20.8 Å². The van der Waals surface area contributed by atoms with Gasteiger partial charge in [0.15, 0.2) is 0 Å². The summed E-state index contributed by atoms with van der Waals surface area (Å²) in [5.74, 6) is 0.860. The number of nitrogens with one attached hydrogen (secondary N) is 2. The zero-order chi connectivity index (χ0) is 12.0.